The standard InChI is InChI=1S/C18H17BrN2O3/c1-22-16-7-11(10-20-18(16)24-3)6-13-8-12-9-14(19)4-5-15(12)21-17(13)23-2/h4-5,7-10H,6H2,1-3H3. The third kappa shape index (κ3) is 3.28. The molecule has 124 valence electrons. The fourth-order valence-corrected chi connectivity index (χ4v) is 2.94. The molecule has 0 N–H and O–H groups in total. The van der Waals surface area contributed by atoms with E-state index < -0.39 is 0 Å². The van der Waals surface area contributed by atoms with Gasteiger partial charge in [0.15, 0.2) is 5.75 Å². The molecule has 0 bridgehead atoms. The molecule has 2 aromatic heterocycles. The van der Waals surface area contributed by atoms with E-state index in [0.717, 1.165) is 26.5 Å². The summed E-state index contributed by atoms with van der Waals surface area (Å²) >= 11 is 3.49. The third-order valence-electron chi connectivity index (χ3n) is 3.69. The van der Waals surface area contributed by atoms with Crippen molar-refractivity contribution in [2.24, 2.45) is 0 Å². The summed E-state index contributed by atoms with van der Waals surface area (Å²) in [6, 6.07) is 9.97. The Hall–Kier alpha value is -2.34. The lowest BCUT2D eigenvalue weighted by Gasteiger charge is -2.11. The van der Waals surface area contributed by atoms with Gasteiger partial charge in [-0.2, -0.15) is 0 Å². The van der Waals surface area contributed by atoms with Gasteiger partial charge in [-0.15, -0.1) is 0 Å². The van der Waals surface area contributed by atoms with Crippen molar-refractivity contribution >= 4 is 26.8 Å². The second kappa shape index (κ2) is 7.05. The topological polar surface area (TPSA) is 53.5 Å². The molecule has 0 aliphatic heterocycles. The fourth-order valence-electron chi connectivity index (χ4n) is 2.57. The van der Waals surface area contributed by atoms with Crippen LogP contribution < -0.4 is 14.2 Å². The molecule has 2 heterocycles. The lowest BCUT2D eigenvalue weighted by molar-refractivity contribution is 0.342. The number of hydrogen-bond donors (Lipinski definition) is 0. The van der Waals surface area contributed by atoms with Gasteiger partial charge < -0.3 is 14.2 Å². The molecule has 0 fully saturated rings. The highest BCUT2D eigenvalue weighted by Crippen LogP contribution is 2.29. The van der Waals surface area contributed by atoms with Crippen molar-refractivity contribution in [3.8, 4) is 17.5 Å². The number of rotatable bonds is 5. The molecular formula is C18H17BrN2O3. The molecule has 24 heavy (non-hydrogen) atoms. The molecule has 0 aliphatic carbocycles. The smallest absolute Gasteiger partial charge is 0.256 e. The average molecular weight is 389 g/mol. The maximum Gasteiger partial charge on any atom is 0.256 e. The minimum absolute atomic E-state index is 0.466. The summed E-state index contributed by atoms with van der Waals surface area (Å²) in [6.45, 7) is 0. The summed E-state index contributed by atoms with van der Waals surface area (Å²) in [5.74, 6) is 1.68. The molecule has 3 aromatic rings. The molecule has 1 aromatic carbocycles. The Morgan fingerprint density at radius 2 is 1.75 bits per heavy atom. The molecule has 0 saturated carbocycles. The number of hydrogen-bond acceptors (Lipinski definition) is 5. The van der Waals surface area contributed by atoms with Crippen LogP contribution in [0.3, 0.4) is 0 Å². The highest BCUT2D eigenvalue weighted by atomic mass is 79.9. The van der Waals surface area contributed by atoms with E-state index in [1.165, 1.54) is 0 Å². The molecular weight excluding hydrogens is 372 g/mol. The molecule has 0 radical (unpaired) electrons. The molecule has 0 atom stereocenters. The third-order valence-corrected chi connectivity index (χ3v) is 4.19. The van der Waals surface area contributed by atoms with Gasteiger partial charge in [0.2, 0.25) is 5.88 Å². The first-order valence-corrected chi connectivity index (χ1v) is 8.14. The van der Waals surface area contributed by atoms with Gasteiger partial charge in [-0.05, 0) is 35.9 Å². The van der Waals surface area contributed by atoms with Crippen molar-refractivity contribution in [3.63, 3.8) is 0 Å². The lowest BCUT2D eigenvalue weighted by Crippen LogP contribution is -2.00. The van der Waals surface area contributed by atoms with Crippen LogP contribution in [0.25, 0.3) is 10.9 Å². The van der Waals surface area contributed by atoms with E-state index >= 15 is 0 Å². The minimum atomic E-state index is 0.466. The Kier molecular flexibility index (Phi) is 4.85. The van der Waals surface area contributed by atoms with Crippen LogP contribution in [0.1, 0.15) is 11.1 Å². The number of aromatic nitrogens is 2. The average Bonchev–Trinajstić information content (AvgIpc) is 2.60. The van der Waals surface area contributed by atoms with Crippen LogP contribution in [-0.2, 0) is 6.42 Å². The zero-order valence-corrected chi connectivity index (χ0v) is 15.3. The Bertz CT molecular complexity index is 884. The zero-order valence-electron chi connectivity index (χ0n) is 13.7. The summed E-state index contributed by atoms with van der Waals surface area (Å²) in [5.41, 5.74) is 2.86. The van der Waals surface area contributed by atoms with Crippen LogP contribution in [0.5, 0.6) is 17.5 Å². The van der Waals surface area contributed by atoms with Crippen molar-refractivity contribution in [1.82, 2.24) is 9.97 Å². The zero-order chi connectivity index (χ0) is 17.1. The number of benzene rings is 1. The van der Waals surface area contributed by atoms with Gasteiger partial charge in [0.25, 0.3) is 5.88 Å². The van der Waals surface area contributed by atoms with Gasteiger partial charge >= 0.3 is 0 Å². The van der Waals surface area contributed by atoms with E-state index in [9.17, 15) is 0 Å². The predicted octanol–water partition coefficient (Wildman–Crippen LogP) is 4.01. The maximum atomic E-state index is 5.46. The molecule has 0 aliphatic rings. The number of fused-ring (bicyclic) bond motifs is 1. The van der Waals surface area contributed by atoms with Gasteiger partial charge in [0.05, 0.1) is 26.8 Å². The van der Waals surface area contributed by atoms with Crippen LogP contribution in [-0.4, -0.2) is 31.3 Å². The predicted molar refractivity (Wildman–Crippen MR) is 96.1 cm³/mol. The van der Waals surface area contributed by atoms with Crippen molar-refractivity contribution in [1.29, 1.82) is 0 Å². The van der Waals surface area contributed by atoms with Crippen molar-refractivity contribution in [3.05, 3.63) is 52.1 Å². The van der Waals surface area contributed by atoms with E-state index in [1.54, 1.807) is 27.5 Å². The quantitative estimate of drug-likeness (QED) is 0.660. The van der Waals surface area contributed by atoms with E-state index in [-0.39, 0.29) is 0 Å². The number of methoxy groups -OCH3 is 3. The van der Waals surface area contributed by atoms with Crippen LogP contribution in [0.2, 0.25) is 0 Å². The molecule has 5 nitrogen and oxygen atoms in total. The molecule has 0 saturated heterocycles. The SMILES string of the molecule is COc1cc(Cc2cc3cc(Br)ccc3nc2OC)cnc1OC. The van der Waals surface area contributed by atoms with E-state index in [2.05, 4.69) is 32.0 Å². The fraction of sp³-hybridized carbons (Fsp3) is 0.222. The summed E-state index contributed by atoms with van der Waals surface area (Å²) in [6.07, 6.45) is 2.40. The second-order valence-electron chi connectivity index (χ2n) is 5.23. The second-order valence-corrected chi connectivity index (χ2v) is 6.14. The number of pyridine rings is 2. The molecule has 3 rings (SSSR count). The largest absolute Gasteiger partial charge is 0.491 e. The molecule has 0 spiro atoms. The monoisotopic (exact) mass is 388 g/mol. The van der Waals surface area contributed by atoms with Gasteiger partial charge in [0, 0.05) is 28.0 Å². The Balaban J connectivity index is 2.02. The van der Waals surface area contributed by atoms with Crippen LogP contribution in [0, 0.1) is 0 Å². The Labute approximate surface area is 148 Å². The summed E-state index contributed by atoms with van der Waals surface area (Å²) in [5, 5.41) is 1.05. The van der Waals surface area contributed by atoms with Gasteiger partial charge in [0.1, 0.15) is 0 Å². The molecule has 6 heteroatoms. The van der Waals surface area contributed by atoms with E-state index in [4.69, 9.17) is 14.2 Å². The molecule has 0 unspecified atom stereocenters. The van der Waals surface area contributed by atoms with Crippen molar-refractivity contribution in [2.75, 3.05) is 21.3 Å². The van der Waals surface area contributed by atoms with E-state index in [0.29, 0.717) is 23.9 Å². The van der Waals surface area contributed by atoms with Gasteiger partial charge in [-0.25, -0.2) is 9.97 Å². The van der Waals surface area contributed by atoms with Gasteiger partial charge in [-0.3, -0.25) is 0 Å². The first kappa shape index (κ1) is 16.5. The number of ether oxygens (including phenoxy) is 3. The highest BCUT2D eigenvalue weighted by Gasteiger charge is 2.12. The van der Waals surface area contributed by atoms with Crippen molar-refractivity contribution < 1.29 is 14.2 Å². The Morgan fingerprint density at radius 3 is 2.46 bits per heavy atom. The van der Waals surface area contributed by atoms with Crippen LogP contribution in [0.15, 0.2) is 41.0 Å². The minimum Gasteiger partial charge on any atom is -0.491 e. The van der Waals surface area contributed by atoms with Crippen molar-refractivity contribution in [2.45, 2.75) is 6.42 Å². The summed E-state index contributed by atoms with van der Waals surface area (Å²) in [7, 11) is 4.79. The van der Waals surface area contributed by atoms with Gasteiger partial charge in [-0.1, -0.05) is 15.9 Å². The summed E-state index contributed by atoms with van der Waals surface area (Å²) in [4.78, 5) is 8.87. The van der Waals surface area contributed by atoms with Crippen LogP contribution >= 0.6 is 15.9 Å². The number of nitrogens with zero attached hydrogens (tertiary/aromatic N) is 2. The van der Waals surface area contributed by atoms with E-state index in [1.807, 2.05) is 24.3 Å². The van der Waals surface area contributed by atoms with Crippen LogP contribution in [0.4, 0.5) is 0 Å². The lowest BCUT2D eigenvalue weighted by atomic mass is 10.1. The highest BCUT2D eigenvalue weighted by molar-refractivity contribution is 9.10. The first-order chi connectivity index (χ1) is 11.6. The summed E-state index contributed by atoms with van der Waals surface area (Å²) < 4.78 is 17.0. The normalized spacial score (nSPS) is 10.7. The molecule has 0 amide bonds. The first-order valence-electron chi connectivity index (χ1n) is 7.34. The maximum absolute atomic E-state index is 5.46. The number of halogens is 1. The Morgan fingerprint density at radius 1 is 0.958 bits per heavy atom.